The molecule has 0 spiro atoms. The molecule has 0 aromatic rings. The second kappa shape index (κ2) is 17.7. The maximum Gasteiger partial charge on any atom is -0.0351 e. The number of allylic oxidation sites excluding steroid dienone is 2. The average Bonchev–Trinajstić information content (AvgIpc) is 2.43. The van der Waals surface area contributed by atoms with E-state index in [0.717, 1.165) is 6.42 Å². The fourth-order valence-corrected chi connectivity index (χ4v) is 2.42. The van der Waals surface area contributed by atoms with Crippen LogP contribution in [0.3, 0.4) is 0 Å². The smallest absolute Gasteiger partial charge is 0.0351 e. The molecule has 19 heavy (non-hydrogen) atoms. The van der Waals surface area contributed by atoms with Crippen molar-refractivity contribution in [1.82, 2.24) is 0 Å². The van der Waals surface area contributed by atoms with Crippen molar-refractivity contribution in [3.05, 3.63) is 19.1 Å². The number of hydrogen-bond acceptors (Lipinski definition) is 0. The average molecular weight is 266 g/mol. The minimum Gasteiger partial charge on any atom is -0.0885 e. The lowest BCUT2D eigenvalue weighted by molar-refractivity contribution is 0.598. The van der Waals surface area contributed by atoms with Crippen molar-refractivity contribution in [2.24, 2.45) is 0 Å². The quantitative estimate of drug-likeness (QED) is 0.216. The molecule has 1 radical (unpaired) electrons. The van der Waals surface area contributed by atoms with Crippen LogP contribution in [0.4, 0.5) is 0 Å². The van der Waals surface area contributed by atoms with Crippen LogP contribution in [0.25, 0.3) is 0 Å². The molecule has 0 aliphatic heterocycles. The Labute approximate surface area is 123 Å². The van der Waals surface area contributed by atoms with E-state index in [4.69, 9.17) is 0 Å². The van der Waals surface area contributed by atoms with Crippen molar-refractivity contribution in [3.63, 3.8) is 0 Å². The predicted molar refractivity (Wildman–Crippen MR) is 89.4 cm³/mol. The summed E-state index contributed by atoms with van der Waals surface area (Å²) in [4.78, 5) is 0. The molecule has 0 aromatic carbocycles. The molecule has 0 saturated heterocycles. The molecule has 0 N–H and O–H groups in total. The third-order valence-electron chi connectivity index (χ3n) is 3.76. The van der Waals surface area contributed by atoms with E-state index in [1.54, 1.807) is 0 Å². The summed E-state index contributed by atoms with van der Waals surface area (Å²) in [5, 5.41) is 0. The second-order valence-electron chi connectivity index (χ2n) is 5.79. The van der Waals surface area contributed by atoms with Gasteiger partial charge in [0, 0.05) is 0 Å². The van der Waals surface area contributed by atoms with E-state index in [1.807, 2.05) is 0 Å². The molecular formula is C19H37. The lowest BCUT2D eigenvalue weighted by Gasteiger charge is -1.99. The van der Waals surface area contributed by atoms with Crippen molar-refractivity contribution in [3.8, 4) is 0 Å². The van der Waals surface area contributed by atoms with Crippen LogP contribution in [-0.2, 0) is 0 Å². The molecule has 113 valence electrons. The zero-order chi connectivity index (χ0) is 14.0. The summed E-state index contributed by atoms with van der Waals surface area (Å²) in [5.41, 5.74) is 0. The maximum absolute atomic E-state index is 3.88. The van der Waals surface area contributed by atoms with E-state index in [0.29, 0.717) is 0 Å². The van der Waals surface area contributed by atoms with Crippen LogP contribution in [0.1, 0.15) is 103 Å². The first kappa shape index (κ1) is 18.7. The summed E-state index contributed by atoms with van der Waals surface area (Å²) in [7, 11) is 0. The van der Waals surface area contributed by atoms with Gasteiger partial charge in [0.1, 0.15) is 0 Å². The maximum atomic E-state index is 3.88. The van der Waals surface area contributed by atoms with Crippen molar-refractivity contribution in [2.75, 3.05) is 0 Å². The third kappa shape index (κ3) is 17.7. The lowest BCUT2D eigenvalue weighted by Crippen LogP contribution is -1.79. The monoisotopic (exact) mass is 265 g/mol. The summed E-state index contributed by atoms with van der Waals surface area (Å²) in [6.45, 7) is 6.16. The molecule has 0 aliphatic carbocycles. The first-order valence-corrected chi connectivity index (χ1v) is 8.86. The van der Waals surface area contributed by atoms with Gasteiger partial charge in [0.25, 0.3) is 0 Å². The van der Waals surface area contributed by atoms with Crippen LogP contribution in [0.5, 0.6) is 0 Å². The third-order valence-corrected chi connectivity index (χ3v) is 3.76. The van der Waals surface area contributed by atoms with Gasteiger partial charge in [-0.2, -0.15) is 0 Å². The van der Waals surface area contributed by atoms with Gasteiger partial charge in [0.15, 0.2) is 0 Å². The normalized spacial score (nSPS) is 11.5. The SMILES string of the molecule is [CH2]CCCCCCCC/C=C/CCCCCCCC. The molecule has 0 bridgehead atoms. The number of unbranched alkanes of at least 4 members (excludes halogenated alkanes) is 13. The Morgan fingerprint density at radius 1 is 0.579 bits per heavy atom. The Bertz CT molecular complexity index is 169. The Morgan fingerprint density at radius 3 is 1.47 bits per heavy atom. The molecule has 0 rings (SSSR count). The van der Waals surface area contributed by atoms with Crippen LogP contribution in [0.2, 0.25) is 0 Å². The molecule has 0 saturated carbocycles. The van der Waals surface area contributed by atoms with Gasteiger partial charge in [-0.1, -0.05) is 96.6 Å². The van der Waals surface area contributed by atoms with E-state index in [-0.39, 0.29) is 0 Å². The molecule has 0 amide bonds. The molecule has 0 heteroatoms. The van der Waals surface area contributed by atoms with Gasteiger partial charge < -0.3 is 0 Å². The summed E-state index contributed by atoms with van der Waals surface area (Å²) in [5.74, 6) is 0. The standard InChI is InChI=1S/C19H37/c1-3-5-7-9-11-13-15-17-19-18-16-14-12-10-8-6-4-2/h18-19H,1,3-17H2,2H3/b19-18+. The molecular weight excluding hydrogens is 228 g/mol. The van der Waals surface area contributed by atoms with E-state index in [1.165, 1.54) is 89.9 Å². The number of hydrogen-bond donors (Lipinski definition) is 0. The van der Waals surface area contributed by atoms with Gasteiger partial charge in [0.05, 0.1) is 0 Å². The number of rotatable bonds is 15. The lowest BCUT2D eigenvalue weighted by atomic mass is 10.1. The van der Waals surface area contributed by atoms with Gasteiger partial charge in [-0.15, -0.1) is 0 Å². The topological polar surface area (TPSA) is 0 Å². The summed E-state index contributed by atoms with van der Waals surface area (Å²) in [6, 6.07) is 0. The summed E-state index contributed by atoms with van der Waals surface area (Å²) < 4.78 is 0. The van der Waals surface area contributed by atoms with Gasteiger partial charge >= 0.3 is 0 Å². The fourth-order valence-electron chi connectivity index (χ4n) is 2.42. The van der Waals surface area contributed by atoms with Gasteiger partial charge in [-0.05, 0) is 25.7 Å². The first-order valence-electron chi connectivity index (χ1n) is 8.86. The molecule has 0 aromatic heterocycles. The highest BCUT2D eigenvalue weighted by Crippen LogP contribution is 2.10. The fraction of sp³-hybridized carbons (Fsp3) is 0.842. The van der Waals surface area contributed by atoms with Crippen LogP contribution < -0.4 is 0 Å². The minimum atomic E-state index is 1.11. The van der Waals surface area contributed by atoms with Gasteiger partial charge in [0.2, 0.25) is 0 Å². The van der Waals surface area contributed by atoms with Crippen molar-refractivity contribution in [2.45, 2.75) is 103 Å². The first-order chi connectivity index (χ1) is 9.41. The highest BCUT2D eigenvalue weighted by Gasteiger charge is 1.90. The minimum absolute atomic E-state index is 1.11. The van der Waals surface area contributed by atoms with Crippen molar-refractivity contribution in [1.29, 1.82) is 0 Å². The summed E-state index contributed by atoms with van der Waals surface area (Å²) >= 11 is 0. The molecule has 0 atom stereocenters. The largest absolute Gasteiger partial charge is 0.0885 e. The van der Waals surface area contributed by atoms with E-state index in [9.17, 15) is 0 Å². The Morgan fingerprint density at radius 2 is 1.00 bits per heavy atom. The van der Waals surface area contributed by atoms with Crippen LogP contribution in [0.15, 0.2) is 12.2 Å². The van der Waals surface area contributed by atoms with Crippen LogP contribution in [-0.4, -0.2) is 0 Å². The molecule has 0 fully saturated rings. The van der Waals surface area contributed by atoms with Crippen molar-refractivity contribution >= 4 is 0 Å². The molecule has 0 aliphatic rings. The van der Waals surface area contributed by atoms with Crippen molar-refractivity contribution < 1.29 is 0 Å². The molecule has 0 unspecified atom stereocenters. The highest BCUT2D eigenvalue weighted by molar-refractivity contribution is 4.81. The van der Waals surface area contributed by atoms with E-state index in [2.05, 4.69) is 26.0 Å². The van der Waals surface area contributed by atoms with E-state index < -0.39 is 0 Å². The second-order valence-corrected chi connectivity index (χ2v) is 5.79. The van der Waals surface area contributed by atoms with E-state index >= 15 is 0 Å². The predicted octanol–water partition coefficient (Wildman–Crippen LogP) is 7.25. The zero-order valence-electron chi connectivity index (χ0n) is 13.5. The van der Waals surface area contributed by atoms with Crippen LogP contribution in [0, 0.1) is 6.92 Å². The van der Waals surface area contributed by atoms with Gasteiger partial charge in [-0.3, -0.25) is 0 Å². The summed E-state index contributed by atoms with van der Waals surface area (Å²) in [6.07, 6.45) is 25.3. The zero-order valence-corrected chi connectivity index (χ0v) is 13.5. The highest BCUT2D eigenvalue weighted by atomic mass is 14.0. The molecule has 0 nitrogen and oxygen atoms in total. The Kier molecular flexibility index (Phi) is 17.5. The van der Waals surface area contributed by atoms with Crippen LogP contribution >= 0.6 is 0 Å². The Balaban J connectivity index is 3.01. The van der Waals surface area contributed by atoms with Gasteiger partial charge in [-0.25, -0.2) is 0 Å². The molecule has 0 heterocycles. The Hall–Kier alpha value is -0.260.